The van der Waals surface area contributed by atoms with Crippen LogP contribution < -0.4 is 5.32 Å². The van der Waals surface area contributed by atoms with Gasteiger partial charge in [0.15, 0.2) is 5.01 Å². The van der Waals surface area contributed by atoms with Gasteiger partial charge in [0, 0.05) is 24.7 Å². The number of hydrogen-bond donors (Lipinski definition) is 1. The molecule has 176 valence electrons. The number of halogens is 1. The molecule has 4 heterocycles. The van der Waals surface area contributed by atoms with Crippen molar-refractivity contribution in [3.8, 4) is 11.4 Å². The molecule has 1 amide bonds. The molecule has 1 aliphatic rings. The number of rotatable bonds is 6. The van der Waals surface area contributed by atoms with Crippen LogP contribution in [0.1, 0.15) is 61.2 Å². The fourth-order valence-corrected chi connectivity index (χ4v) is 5.57. The van der Waals surface area contributed by atoms with Crippen molar-refractivity contribution >= 4 is 39.9 Å². The number of pyridine rings is 2. The summed E-state index contributed by atoms with van der Waals surface area (Å²) in [5, 5.41) is 3.59. The van der Waals surface area contributed by atoms with Crippen LogP contribution in [-0.4, -0.2) is 36.5 Å². The molecule has 4 aromatic rings. The van der Waals surface area contributed by atoms with E-state index in [2.05, 4.69) is 44.7 Å². The summed E-state index contributed by atoms with van der Waals surface area (Å²) < 4.78 is 2.91. The molecule has 0 saturated heterocycles. The summed E-state index contributed by atoms with van der Waals surface area (Å²) in [5.74, 6) is 1.41. The van der Waals surface area contributed by atoms with Crippen molar-refractivity contribution in [1.82, 2.24) is 29.8 Å². The maximum Gasteiger partial charge on any atom is 0.280 e. The molecule has 1 saturated carbocycles. The molecule has 34 heavy (non-hydrogen) atoms. The van der Waals surface area contributed by atoms with Crippen LogP contribution in [0.4, 0.5) is 0 Å². The quantitative estimate of drug-likeness (QED) is 0.370. The van der Waals surface area contributed by atoms with E-state index in [1.165, 1.54) is 17.5 Å². The van der Waals surface area contributed by atoms with Gasteiger partial charge in [-0.05, 0) is 49.8 Å². The van der Waals surface area contributed by atoms with Gasteiger partial charge in [-0.25, -0.2) is 9.97 Å². The van der Waals surface area contributed by atoms with Crippen LogP contribution in [-0.2, 0) is 6.42 Å². The Balaban J connectivity index is 1.47. The van der Waals surface area contributed by atoms with Crippen molar-refractivity contribution < 1.29 is 4.79 Å². The first kappa shape index (κ1) is 22.9. The lowest BCUT2D eigenvalue weighted by molar-refractivity contribution is 0.0920. The second-order valence-electron chi connectivity index (χ2n) is 9.23. The summed E-state index contributed by atoms with van der Waals surface area (Å²) in [6.07, 6.45) is 9.94. The predicted molar refractivity (Wildman–Crippen MR) is 135 cm³/mol. The van der Waals surface area contributed by atoms with Crippen molar-refractivity contribution in [3.63, 3.8) is 0 Å². The number of amides is 1. The van der Waals surface area contributed by atoms with E-state index in [9.17, 15) is 4.79 Å². The summed E-state index contributed by atoms with van der Waals surface area (Å²) >= 11 is 7.17. The van der Waals surface area contributed by atoms with Gasteiger partial charge in [-0.2, -0.15) is 0 Å². The number of thiazole rings is 1. The highest BCUT2D eigenvalue weighted by molar-refractivity contribution is 7.17. The molecule has 0 bridgehead atoms. The zero-order valence-corrected chi connectivity index (χ0v) is 20.8. The minimum absolute atomic E-state index is 0.0790. The highest BCUT2D eigenvalue weighted by atomic mass is 35.5. The maximum absolute atomic E-state index is 12.7. The number of carbonyl (C=O) groups excluding carboxylic acids is 1. The molecule has 0 unspecified atom stereocenters. The van der Waals surface area contributed by atoms with Crippen LogP contribution in [0.3, 0.4) is 0 Å². The summed E-state index contributed by atoms with van der Waals surface area (Å²) in [6, 6.07) is 8.28. The molecule has 1 aliphatic carbocycles. The van der Waals surface area contributed by atoms with E-state index in [4.69, 9.17) is 16.6 Å². The second-order valence-corrected chi connectivity index (χ2v) is 10.9. The minimum Gasteiger partial charge on any atom is -0.347 e. The van der Waals surface area contributed by atoms with Crippen LogP contribution in [0.25, 0.3) is 22.4 Å². The van der Waals surface area contributed by atoms with Crippen molar-refractivity contribution in [1.29, 1.82) is 0 Å². The average molecular weight is 495 g/mol. The molecule has 0 spiro atoms. The fraction of sp³-hybridized carbons (Fsp3) is 0.400. The van der Waals surface area contributed by atoms with Crippen molar-refractivity contribution in [2.45, 2.75) is 58.0 Å². The van der Waals surface area contributed by atoms with Crippen molar-refractivity contribution in [2.24, 2.45) is 5.92 Å². The van der Waals surface area contributed by atoms with Crippen LogP contribution in [0.2, 0.25) is 4.34 Å². The summed E-state index contributed by atoms with van der Waals surface area (Å²) in [7, 11) is 0. The first-order valence-electron chi connectivity index (χ1n) is 11.7. The lowest BCUT2D eigenvalue weighted by Gasteiger charge is -2.32. The molecule has 1 fully saturated rings. The SMILES string of the molecule is CC(C)Cc1nc2cnc(-c3ccccn3)cc2n1[C@@H]1CCC[C@H](NC(=O)c2ncc(Cl)s2)C1. The first-order valence-corrected chi connectivity index (χ1v) is 12.9. The Morgan fingerprint density at radius 2 is 2.09 bits per heavy atom. The van der Waals surface area contributed by atoms with Crippen LogP contribution in [0, 0.1) is 5.92 Å². The van der Waals surface area contributed by atoms with E-state index >= 15 is 0 Å². The van der Waals surface area contributed by atoms with E-state index in [0.29, 0.717) is 15.3 Å². The Bertz CT molecular complexity index is 1300. The van der Waals surface area contributed by atoms with Gasteiger partial charge >= 0.3 is 0 Å². The standard InChI is InChI=1S/C25H27ClN6OS/c1-15(2)10-23-31-20-13-28-19(18-8-3-4-9-27-18)12-21(20)32(23)17-7-5-6-16(11-17)30-24(33)25-29-14-22(26)34-25/h3-4,8-9,12-17H,5-7,10-11H2,1-2H3,(H,30,33)/t16-,17+/m0/s1. The van der Waals surface area contributed by atoms with Crippen molar-refractivity contribution in [3.05, 3.63) is 58.0 Å². The topological polar surface area (TPSA) is 85.6 Å². The third-order valence-corrected chi connectivity index (χ3v) is 7.30. The number of aromatic nitrogens is 5. The summed E-state index contributed by atoms with van der Waals surface area (Å²) in [4.78, 5) is 30.9. The van der Waals surface area contributed by atoms with Gasteiger partial charge in [0.1, 0.15) is 15.7 Å². The summed E-state index contributed by atoms with van der Waals surface area (Å²) in [6.45, 7) is 4.43. The van der Waals surface area contributed by atoms with Gasteiger partial charge in [-0.15, -0.1) is 0 Å². The number of imidazole rings is 1. The predicted octanol–water partition coefficient (Wildman–Crippen LogP) is 5.72. The number of carbonyl (C=O) groups is 1. The van der Waals surface area contributed by atoms with E-state index < -0.39 is 0 Å². The highest BCUT2D eigenvalue weighted by Crippen LogP contribution is 2.34. The van der Waals surface area contributed by atoms with Gasteiger partial charge in [0.05, 0.1) is 29.3 Å². The third kappa shape index (κ3) is 4.83. The fourth-order valence-electron chi connectivity index (χ4n) is 4.76. The number of nitrogens with zero attached hydrogens (tertiary/aromatic N) is 5. The molecule has 0 radical (unpaired) electrons. The van der Waals surface area contributed by atoms with Gasteiger partial charge in [0.25, 0.3) is 5.91 Å². The zero-order valence-electron chi connectivity index (χ0n) is 19.2. The van der Waals surface area contributed by atoms with Crippen molar-refractivity contribution in [2.75, 3.05) is 0 Å². The smallest absolute Gasteiger partial charge is 0.280 e. The first-order chi connectivity index (χ1) is 16.5. The Morgan fingerprint density at radius 3 is 2.82 bits per heavy atom. The van der Waals surface area contributed by atoms with Crippen LogP contribution >= 0.6 is 22.9 Å². The third-order valence-electron chi connectivity index (χ3n) is 6.19. The average Bonchev–Trinajstić information content (AvgIpc) is 3.42. The Morgan fingerprint density at radius 1 is 1.21 bits per heavy atom. The monoisotopic (exact) mass is 494 g/mol. The van der Waals surface area contributed by atoms with Gasteiger partial charge < -0.3 is 9.88 Å². The number of nitrogens with one attached hydrogen (secondary N) is 1. The highest BCUT2D eigenvalue weighted by Gasteiger charge is 2.28. The molecule has 4 aromatic heterocycles. The molecule has 1 N–H and O–H groups in total. The Hall–Kier alpha value is -2.84. The molecular weight excluding hydrogens is 468 g/mol. The summed E-state index contributed by atoms with van der Waals surface area (Å²) in [5.41, 5.74) is 3.67. The lowest BCUT2D eigenvalue weighted by Crippen LogP contribution is -2.39. The van der Waals surface area contributed by atoms with Gasteiger partial charge in [-0.3, -0.25) is 14.8 Å². The Kier molecular flexibility index (Phi) is 6.61. The van der Waals surface area contributed by atoms with E-state index in [1.54, 1.807) is 6.20 Å². The maximum atomic E-state index is 12.7. The van der Waals surface area contributed by atoms with E-state index in [0.717, 1.165) is 60.3 Å². The molecule has 0 aliphatic heterocycles. The molecule has 5 rings (SSSR count). The zero-order chi connectivity index (χ0) is 23.7. The largest absolute Gasteiger partial charge is 0.347 e. The minimum atomic E-state index is -0.151. The molecule has 2 atom stereocenters. The Labute approximate surface area is 207 Å². The van der Waals surface area contributed by atoms with Gasteiger partial charge in [-0.1, -0.05) is 42.9 Å². The molecule has 9 heteroatoms. The number of fused-ring (bicyclic) bond motifs is 1. The second kappa shape index (κ2) is 9.80. The normalized spacial score (nSPS) is 18.5. The van der Waals surface area contributed by atoms with Crippen LogP contribution in [0.15, 0.2) is 42.9 Å². The van der Waals surface area contributed by atoms with E-state index in [-0.39, 0.29) is 18.0 Å². The number of hydrogen-bond acceptors (Lipinski definition) is 6. The molecule has 0 aromatic carbocycles. The van der Waals surface area contributed by atoms with Crippen LogP contribution in [0.5, 0.6) is 0 Å². The van der Waals surface area contributed by atoms with E-state index in [1.807, 2.05) is 24.4 Å². The molecule has 7 nitrogen and oxygen atoms in total. The molecular formula is C25H27ClN6OS. The lowest BCUT2D eigenvalue weighted by atomic mass is 9.90. The van der Waals surface area contributed by atoms with Gasteiger partial charge in [0.2, 0.25) is 0 Å².